The van der Waals surface area contributed by atoms with Crippen LogP contribution in [0, 0.1) is 5.82 Å². The second kappa shape index (κ2) is 6.48. The summed E-state index contributed by atoms with van der Waals surface area (Å²) in [5.41, 5.74) is 0.409. The van der Waals surface area contributed by atoms with Crippen molar-refractivity contribution >= 4 is 38.9 Å². The Morgan fingerprint density at radius 3 is 2.67 bits per heavy atom. The predicted molar refractivity (Wildman–Crippen MR) is 80.3 cm³/mol. The van der Waals surface area contributed by atoms with E-state index in [-0.39, 0.29) is 5.82 Å². The summed E-state index contributed by atoms with van der Waals surface area (Å²) < 4.78 is 14.3. The molecule has 18 heavy (non-hydrogen) atoms. The van der Waals surface area contributed by atoms with Gasteiger partial charge in [0.05, 0.1) is 5.69 Å². The summed E-state index contributed by atoms with van der Waals surface area (Å²) in [6, 6.07) is 5.31. The highest BCUT2D eigenvalue weighted by Gasteiger charge is 2.14. The van der Waals surface area contributed by atoms with E-state index in [1.165, 1.54) is 25.3 Å². The maximum Gasteiger partial charge on any atom is 0.171 e. The normalized spacial score (nSPS) is 16.3. The van der Waals surface area contributed by atoms with Crippen molar-refractivity contribution in [3.05, 3.63) is 28.5 Å². The van der Waals surface area contributed by atoms with Crippen molar-refractivity contribution in [2.45, 2.75) is 38.1 Å². The second-order valence-corrected chi connectivity index (χ2v) is 5.88. The van der Waals surface area contributed by atoms with Crippen LogP contribution >= 0.6 is 28.1 Å². The molecular weight excluding hydrogens is 315 g/mol. The maximum absolute atomic E-state index is 13.6. The summed E-state index contributed by atoms with van der Waals surface area (Å²) in [4.78, 5) is 0. The average Bonchev–Trinajstić information content (AvgIpc) is 2.34. The topological polar surface area (TPSA) is 24.1 Å². The molecule has 0 saturated heterocycles. The number of anilines is 1. The molecule has 0 atom stereocenters. The minimum absolute atomic E-state index is 0.308. The van der Waals surface area contributed by atoms with Crippen molar-refractivity contribution in [3.63, 3.8) is 0 Å². The van der Waals surface area contributed by atoms with E-state index >= 15 is 0 Å². The summed E-state index contributed by atoms with van der Waals surface area (Å²) in [5.74, 6) is -0.308. The summed E-state index contributed by atoms with van der Waals surface area (Å²) in [6.07, 6.45) is 6.08. The third-order valence-corrected chi connectivity index (χ3v) is 3.83. The summed E-state index contributed by atoms with van der Waals surface area (Å²) in [7, 11) is 0. The highest BCUT2D eigenvalue weighted by Crippen LogP contribution is 2.20. The lowest BCUT2D eigenvalue weighted by molar-refractivity contribution is 0.414. The van der Waals surface area contributed by atoms with Crippen LogP contribution in [0.2, 0.25) is 0 Å². The lowest BCUT2D eigenvalue weighted by Gasteiger charge is -2.24. The van der Waals surface area contributed by atoms with E-state index in [4.69, 9.17) is 12.2 Å². The molecule has 0 radical (unpaired) electrons. The number of hydrogen-bond donors (Lipinski definition) is 2. The highest BCUT2D eigenvalue weighted by molar-refractivity contribution is 9.10. The largest absolute Gasteiger partial charge is 0.360 e. The number of benzene rings is 1. The Morgan fingerprint density at radius 1 is 1.28 bits per heavy atom. The molecule has 0 amide bonds. The Hall–Kier alpha value is -0.680. The van der Waals surface area contributed by atoms with Crippen molar-refractivity contribution in [1.29, 1.82) is 0 Å². The predicted octanol–water partition coefficient (Wildman–Crippen LogP) is 4.21. The maximum atomic E-state index is 13.6. The van der Waals surface area contributed by atoms with Gasteiger partial charge in [0.1, 0.15) is 5.82 Å². The van der Waals surface area contributed by atoms with Gasteiger partial charge in [0, 0.05) is 10.5 Å². The van der Waals surface area contributed by atoms with Crippen molar-refractivity contribution in [2.24, 2.45) is 0 Å². The SMILES string of the molecule is Fc1cc(Br)ccc1NC(=S)NC1CCCCC1. The van der Waals surface area contributed by atoms with Crippen LogP contribution in [0.4, 0.5) is 10.1 Å². The van der Waals surface area contributed by atoms with Gasteiger partial charge in [-0.3, -0.25) is 0 Å². The first kappa shape index (κ1) is 13.7. The standard InChI is InChI=1S/C13H16BrFN2S/c14-9-6-7-12(11(15)8-9)17-13(18)16-10-4-2-1-3-5-10/h6-8,10H,1-5H2,(H2,16,17,18). The number of hydrogen-bond acceptors (Lipinski definition) is 1. The Labute approximate surface area is 120 Å². The Morgan fingerprint density at radius 2 is 2.00 bits per heavy atom. The monoisotopic (exact) mass is 330 g/mol. The molecule has 1 aliphatic carbocycles. The fraction of sp³-hybridized carbons (Fsp3) is 0.462. The van der Waals surface area contributed by atoms with Crippen molar-refractivity contribution in [1.82, 2.24) is 5.32 Å². The van der Waals surface area contributed by atoms with E-state index in [9.17, 15) is 4.39 Å². The molecule has 2 N–H and O–H groups in total. The van der Waals surface area contributed by atoms with Gasteiger partial charge >= 0.3 is 0 Å². The van der Waals surface area contributed by atoms with E-state index in [2.05, 4.69) is 26.6 Å². The lowest BCUT2D eigenvalue weighted by atomic mass is 9.96. The Balaban J connectivity index is 1.90. The molecule has 0 bridgehead atoms. The molecular formula is C13H16BrFN2S. The Kier molecular flexibility index (Phi) is 4.95. The number of halogens is 2. The first-order valence-corrected chi connectivity index (χ1v) is 7.38. The summed E-state index contributed by atoms with van der Waals surface area (Å²) in [5, 5.41) is 6.66. The summed E-state index contributed by atoms with van der Waals surface area (Å²) in [6.45, 7) is 0. The van der Waals surface area contributed by atoms with Gasteiger partial charge in [-0.15, -0.1) is 0 Å². The van der Waals surface area contributed by atoms with E-state index in [0.717, 1.165) is 17.3 Å². The van der Waals surface area contributed by atoms with Crippen molar-refractivity contribution < 1.29 is 4.39 Å². The van der Waals surface area contributed by atoms with Crippen LogP contribution in [0.1, 0.15) is 32.1 Å². The molecule has 0 unspecified atom stereocenters. The Bertz CT molecular complexity index is 433. The van der Waals surface area contributed by atoms with Crippen LogP contribution in [-0.4, -0.2) is 11.2 Å². The molecule has 0 heterocycles. The first-order valence-electron chi connectivity index (χ1n) is 6.18. The van der Waals surface area contributed by atoms with Gasteiger partial charge in [0.2, 0.25) is 0 Å². The van der Waals surface area contributed by atoms with Gasteiger partial charge in [0.25, 0.3) is 0 Å². The summed E-state index contributed by atoms with van der Waals surface area (Å²) >= 11 is 8.43. The van der Waals surface area contributed by atoms with Crippen molar-refractivity contribution in [2.75, 3.05) is 5.32 Å². The van der Waals surface area contributed by atoms with E-state index < -0.39 is 0 Å². The molecule has 0 aliphatic heterocycles. The van der Waals surface area contributed by atoms with Crippen LogP contribution in [0.15, 0.2) is 22.7 Å². The van der Waals surface area contributed by atoms with Gasteiger partial charge in [-0.25, -0.2) is 4.39 Å². The van der Waals surface area contributed by atoms with Crippen molar-refractivity contribution in [3.8, 4) is 0 Å². The number of thiocarbonyl (C=S) groups is 1. The molecule has 2 rings (SSSR count). The van der Waals surface area contributed by atoms with E-state index in [1.54, 1.807) is 12.1 Å². The molecule has 1 fully saturated rings. The molecule has 0 spiro atoms. The average molecular weight is 331 g/mol. The molecule has 1 aliphatic rings. The highest BCUT2D eigenvalue weighted by atomic mass is 79.9. The zero-order chi connectivity index (χ0) is 13.0. The lowest BCUT2D eigenvalue weighted by Crippen LogP contribution is -2.38. The minimum Gasteiger partial charge on any atom is -0.360 e. The van der Waals surface area contributed by atoms with Crippen LogP contribution < -0.4 is 10.6 Å². The molecule has 2 nitrogen and oxygen atoms in total. The zero-order valence-corrected chi connectivity index (χ0v) is 12.4. The van der Waals surface area contributed by atoms with Crippen LogP contribution in [0.25, 0.3) is 0 Å². The van der Waals surface area contributed by atoms with Crippen LogP contribution in [-0.2, 0) is 0 Å². The van der Waals surface area contributed by atoms with E-state index in [0.29, 0.717) is 16.8 Å². The first-order chi connectivity index (χ1) is 8.65. The smallest absolute Gasteiger partial charge is 0.171 e. The third-order valence-electron chi connectivity index (χ3n) is 3.12. The second-order valence-electron chi connectivity index (χ2n) is 4.56. The number of nitrogens with one attached hydrogen (secondary N) is 2. The third kappa shape index (κ3) is 3.92. The van der Waals surface area contributed by atoms with Gasteiger partial charge in [-0.1, -0.05) is 35.2 Å². The van der Waals surface area contributed by atoms with Gasteiger partial charge in [-0.05, 0) is 43.3 Å². The van der Waals surface area contributed by atoms with E-state index in [1.807, 2.05) is 0 Å². The fourth-order valence-corrected chi connectivity index (χ4v) is 2.79. The fourth-order valence-electron chi connectivity index (χ4n) is 2.18. The minimum atomic E-state index is -0.308. The molecule has 1 saturated carbocycles. The quantitative estimate of drug-likeness (QED) is 0.794. The molecule has 1 aromatic rings. The number of rotatable bonds is 2. The zero-order valence-electron chi connectivity index (χ0n) is 10.0. The van der Waals surface area contributed by atoms with Gasteiger partial charge in [0.15, 0.2) is 5.11 Å². The van der Waals surface area contributed by atoms with Gasteiger partial charge in [-0.2, -0.15) is 0 Å². The molecule has 0 aromatic heterocycles. The van der Waals surface area contributed by atoms with Gasteiger partial charge < -0.3 is 10.6 Å². The molecule has 98 valence electrons. The molecule has 5 heteroatoms. The van der Waals surface area contributed by atoms with Crippen LogP contribution in [0.5, 0.6) is 0 Å². The van der Waals surface area contributed by atoms with Crippen LogP contribution in [0.3, 0.4) is 0 Å². The molecule has 1 aromatic carbocycles.